The van der Waals surface area contributed by atoms with Gasteiger partial charge in [-0.25, -0.2) is 0 Å². The molecule has 0 fully saturated rings. The van der Waals surface area contributed by atoms with Crippen molar-refractivity contribution >= 4 is 12.4 Å². The maximum atomic E-state index is 10.6. The van der Waals surface area contributed by atoms with Crippen molar-refractivity contribution in [3.05, 3.63) is 41.1 Å². The Kier molecular flexibility index (Phi) is 3.26. The van der Waals surface area contributed by atoms with Gasteiger partial charge in [-0.2, -0.15) is 0 Å². The first-order chi connectivity index (χ1) is 6.27. The maximum Gasteiger partial charge on any atom is 0.150 e. The van der Waals surface area contributed by atoms with E-state index in [1.807, 2.05) is 44.3 Å². The van der Waals surface area contributed by atoms with Crippen molar-refractivity contribution in [3.63, 3.8) is 0 Å². The summed E-state index contributed by atoms with van der Waals surface area (Å²) in [6.45, 7) is 1.96. The Hall–Kier alpha value is -1.57. The number of carbonyl (C=O) groups excluding carboxylic acids is 1. The lowest BCUT2D eigenvalue weighted by atomic mass is 10.1. The smallest absolute Gasteiger partial charge is 0.150 e. The molecule has 0 spiro atoms. The van der Waals surface area contributed by atoms with Gasteiger partial charge in [-0.15, -0.1) is 0 Å². The van der Waals surface area contributed by atoms with Crippen LogP contribution in [0.3, 0.4) is 0 Å². The van der Waals surface area contributed by atoms with Gasteiger partial charge in [0.1, 0.15) is 0 Å². The highest BCUT2D eigenvalue weighted by molar-refractivity contribution is 5.81. The van der Waals surface area contributed by atoms with E-state index in [1.54, 1.807) is 0 Å². The molecule has 2 nitrogen and oxygen atoms in total. The fraction of sp³-hybridized carbons (Fsp3) is 0.182. The molecule has 0 saturated heterocycles. The van der Waals surface area contributed by atoms with Crippen LogP contribution in [0.1, 0.15) is 22.8 Å². The van der Waals surface area contributed by atoms with E-state index in [0.29, 0.717) is 0 Å². The summed E-state index contributed by atoms with van der Waals surface area (Å²) in [6.07, 6.45) is 2.82. The summed E-state index contributed by atoms with van der Waals surface area (Å²) in [4.78, 5) is 10.6. The predicted octanol–water partition coefficient (Wildman–Crippen LogP) is 2.08. The standard InChI is InChI=1S/C11H13NO/c1-9(12-2)7-10-5-3-4-6-11(10)8-13/h3-8,12H,1-2H3/b9-7-. The summed E-state index contributed by atoms with van der Waals surface area (Å²) >= 11 is 0. The number of nitrogens with one attached hydrogen (secondary N) is 1. The molecule has 0 radical (unpaired) electrons. The van der Waals surface area contributed by atoms with Crippen LogP contribution in [-0.2, 0) is 0 Å². The quantitative estimate of drug-likeness (QED) is 0.712. The molecule has 0 aliphatic rings. The van der Waals surface area contributed by atoms with Gasteiger partial charge in [-0.05, 0) is 18.6 Å². The van der Waals surface area contributed by atoms with E-state index in [0.717, 1.165) is 23.1 Å². The summed E-state index contributed by atoms with van der Waals surface area (Å²) in [5.41, 5.74) is 2.70. The van der Waals surface area contributed by atoms with Gasteiger partial charge in [-0.1, -0.05) is 24.3 Å². The first-order valence-electron chi connectivity index (χ1n) is 4.18. The molecule has 0 heterocycles. The third kappa shape index (κ3) is 2.44. The first kappa shape index (κ1) is 9.52. The fourth-order valence-electron chi connectivity index (χ4n) is 1.06. The highest BCUT2D eigenvalue weighted by Crippen LogP contribution is 2.09. The van der Waals surface area contributed by atoms with Gasteiger partial charge < -0.3 is 5.32 Å². The second kappa shape index (κ2) is 4.45. The van der Waals surface area contributed by atoms with E-state index in [9.17, 15) is 4.79 Å². The number of aldehydes is 1. The number of benzene rings is 1. The van der Waals surface area contributed by atoms with Gasteiger partial charge in [0.15, 0.2) is 6.29 Å². The molecule has 1 rings (SSSR count). The number of allylic oxidation sites excluding steroid dienone is 1. The summed E-state index contributed by atoms with van der Waals surface area (Å²) in [7, 11) is 1.86. The number of rotatable bonds is 3. The molecule has 0 aliphatic carbocycles. The van der Waals surface area contributed by atoms with Crippen LogP contribution in [0.25, 0.3) is 6.08 Å². The Morgan fingerprint density at radius 3 is 2.46 bits per heavy atom. The number of carbonyl (C=O) groups is 1. The lowest BCUT2D eigenvalue weighted by Gasteiger charge is -2.01. The van der Waals surface area contributed by atoms with E-state index < -0.39 is 0 Å². The maximum absolute atomic E-state index is 10.6. The first-order valence-corrected chi connectivity index (χ1v) is 4.18. The van der Waals surface area contributed by atoms with Crippen LogP contribution >= 0.6 is 0 Å². The highest BCUT2D eigenvalue weighted by Gasteiger charge is 1.96. The summed E-state index contributed by atoms with van der Waals surface area (Å²) < 4.78 is 0. The Morgan fingerprint density at radius 2 is 1.92 bits per heavy atom. The normalized spacial score (nSPS) is 11.1. The average molecular weight is 175 g/mol. The molecule has 0 atom stereocenters. The SMILES string of the molecule is CN/C(C)=C\c1ccccc1C=O. The van der Waals surface area contributed by atoms with E-state index in [1.165, 1.54) is 0 Å². The zero-order chi connectivity index (χ0) is 9.68. The van der Waals surface area contributed by atoms with Crippen LogP contribution in [0.15, 0.2) is 30.0 Å². The molecular formula is C11H13NO. The van der Waals surface area contributed by atoms with Crippen LogP contribution in [0.4, 0.5) is 0 Å². The van der Waals surface area contributed by atoms with Crippen molar-refractivity contribution in [1.82, 2.24) is 5.32 Å². The fourth-order valence-corrected chi connectivity index (χ4v) is 1.06. The third-order valence-electron chi connectivity index (χ3n) is 1.89. The van der Waals surface area contributed by atoms with Crippen molar-refractivity contribution in [2.75, 3.05) is 7.05 Å². The van der Waals surface area contributed by atoms with Crippen LogP contribution in [0.5, 0.6) is 0 Å². The number of hydrogen-bond donors (Lipinski definition) is 1. The Morgan fingerprint density at radius 1 is 1.31 bits per heavy atom. The minimum Gasteiger partial charge on any atom is -0.392 e. The molecule has 68 valence electrons. The van der Waals surface area contributed by atoms with Crippen molar-refractivity contribution in [3.8, 4) is 0 Å². The zero-order valence-corrected chi connectivity index (χ0v) is 7.87. The van der Waals surface area contributed by atoms with Gasteiger partial charge in [0, 0.05) is 18.3 Å². The highest BCUT2D eigenvalue weighted by atomic mass is 16.1. The van der Waals surface area contributed by atoms with E-state index in [4.69, 9.17) is 0 Å². The van der Waals surface area contributed by atoms with Gasteiger partial charge in [0.05, 0.1) is 0 Å². The predicted molar refractivity (Wildman–Crippen MR) is 54.5 cm³/mol. The topological polar surface area (TPSA) is 29.1 Å². The van der Waals surface area contributed by atoms with Crippen molar-refractivity contribution < 1.29 is 4.79 Å². The van der Waals surface area contributed by atoms with Gasteiger partial charge in [0.25, 0.3) is 0 Å². The third-order valence-corrected chi connectivity index (χ3v) is 1.89. The number of hydrogen-bond acceptors (Lipinski definition) is 2. The van der Waals surface area contributed by atoms with Gasteiger partial charge in [0.2, 0.25) is 0 Å². The molecule has 0 aromatic heterocycles. The van der Waals surface area contributed by atoms with Crippen molar-refractivity contribution in [2.24, 2.45) is 0 Å². The van der Waals surface area contributed by atoms with Crippen LogP contribution in [0.2, 0.25) is 0 Å². The molecule has 2 heteroatoms. The molecule has 0 amide bonds. The molecule has 0 bridgehead atoms. The van der Waals surface area contributed by atoms with Crippen molar-refractivity contribution in [2.45, 2.75) is 6.92 Å². The minimum atomic E-state index is 0.720. The minimum absolute atomic E-state index is 0.720. The molecule has 0 saturated carbocycles. The summed E-state index contributed by atoms with van der Waals surface area (Å²) in [6, 6.07) is 7.50. The van der Waals surface area contributed by atoms with Crippen LogP contribution < -0.4 is 5.32 Å². The molecule has 0 unspecified atom stereocenters. The monoisotopic (exact) mass is 175 g/mol. The molecule has 1 N–H and O–H groups in total. The van der Waals surface area contributed by atoms with Crippen molar-refractivity contribution in [1.29, 1.82) is 0 Å². The molecule has 13 heavy (non-hydrogen) atoms. The Bertz CT molecular complexity index is 329. The Balaban J connectivity index is 3.06. The molecule has 0 aliphatic heterocycles. The molecular weight excluding hydrogens is 162 g/mol. The lowest BCUT2D eigenvalue weighted by Crippen LogP contribution is -2.01. The zero-order valence-electron chi connectivity index (χ0n) is 7.87. The lowest BCUT2D eigenvalue weighted by molar-refractivity contribution is 0.112. The summed E-state index contributed by atoms with van der Waals surface area (Å²) in [5.74, 6) is 0. The van der Waals surface area contributed by atoms with Gasteiger partial charge >= 0.3 is 0 Å². The van der Waals surface area contributed by atoms with E-state index in [2.05, 4.69) is 5.32 Å². The Labute approximate surface area is 78.3 Å². The van der Waals surface area contributed by atoms with Crippen LogP contribution in [-0.4, -0.2) is 13.3 Å². The molecule has 1 aromatic carbocycles. The second-order valence-corrected chi connectivity index (χ2v) is 2.82. The van der Waals surface area contributed by atoms with E-state index >= 15 is 0 Å². The summed E-state index contributed by atoms with van der Waals surface area (Å²) in [5, 5.41) is 3.01. The van der Waals surface area contributed by atoms with E-state index in [-0.39, 0.29) is 0 Å². The van der Waals surface area contributed by atoms with Gasteiger partial charge in [-0.3, -0.25) is 4.79 Å². The molecule has 1 aromatic rings. The average Bonchev–Trinajstić information content (AvgIpc) is 2.18. The van der Waals surface area contributed by atoms with Crippen LogP contribution in [0, 0.1) is 0 Å². The largest absolute Gasteiger partial charge is 0.392 e. The second-order valence-electron chi connectivity index (χ2n) is 2.82.